The number of nitrogens with zero attached hydrogens (tertiary/aromatic N) is 2. The molecule has 5 heteroatoms. The van der Waals surface area contributed by atoms with Crippen LogP contribution in [0.4, 0.5) is 10.5 Å². The third-order valence-electron chi connectivity index (χ3n) is 3.83. The Bertz CT molecular complexity index is 470. The molecule has 21 heavy (non-hydrogen) atoms. The molecule has 0 unspecified atom stereocenters. The zero-order valence-corrected chi connectivity index (χ0v) is 12.8. The summed E-state index contributed by atoms with van der Waals surface area (Å²) in [7, 11) is 0. The number of benzene rings is 1. The van der Waals surface area contributed by atoms with Crippen molar-refractivity contribution in [2.45, 2.75) is 26.4 Å². The van der Waals surface area contributed by atoms with Gasteiger partial charge in [0.1, 0.15) is 0 Å². The number of piperazine rings is 1. The number of rotatable bonds is 4. The summed E-state index contributed by atoms with van der Waals surface area (Å²) in [5.74, 6) is 0. The summed E-state index contributed by atoms with van der Waals surface area (Å²) in [4.78, 5) is 15.7. The predicted octanol–water partition coefficient (Wildman–Crippen LogP) is 2.41. The van der Waals surface area contributed by atoms with E-state index in [0.717, 1.165) is 24.3 Å². The van der Waals surface area contributed by atoms with Crippen LogP contribution in [0.15, 0.2) is 24.3 Å². The lowest BCUT2D eigenvalue weighted by atomic mass is 10.0. The molecule has 1 fully saturated rings. The molecule has 0 saturated carbocycles. The lowest BCUT2D eigenvalue weighted by molar-refractivity contribution is 0.105. The van der Waals surface area contributed by atoms with E-state index in [1.54, 1.807) is 4.90 Å². The molecule has 0 aromatic heterocycles. The second kappa shape index (κ2) is 7.31. The van der Waals surface area contributed by atoms with E-state index in [2.05, 4.69) is 4.90 Å². The molecule has 1 aliphatic heterocycles. The minimum atomic E-state index is -0.440. The molecular weight excluding hydrogens is 268 g/mol. The second-order valence-corrected chi connectivity index (χ2v) is 5.16. The van der Waals surface area contributed by atoms with Gasteiger partial charge in [0.05, 0.1) is 12.7 Å². The van der Waals surface area contributed by atoms with E-state index in [4.69, 9.17) is 4.74 Å². The number of aliphatic hydroxyl groups excluding tert-OH is 1. The SMILES string of the molecule is CCOC(=O)N1CCN(c2ccccc2[C@H](O)CC)CC1. The number of carbonyl (C=O) groups excluding carboxylic acids is 1. The summed E-state index contributed by atoms with van der Waals surface area (Å²) < 4.78 is 5.03. The Balaban J connectivity index is 2.04. The first-order valence-electron chi connectivity index (χ1n) is 7.61. The van der Waals surface area contributed by atoms with Crippen LogP contribution < -0.4 is 4.90 Å². The summed E-state index contributed by atoms with van der Waals surface area (Å²) >= 11 is 0. The largest absolute Gasteiger partial charge is 0.450 e. The monoisotopic (exact) mass is 292 g/mol. The fraction of sp³-hybridized carbons (Fsp3) is 0.562. The third kappa shape index (κ3) is 3.67. The van der Waals surface area contributed by atoms with Gasteiger partial charge >= 0.3 is 6.09 Å². The van der Waals surface area contributed by atoms with Crippen LogP contribution in [0.25, 0.3) is 0 Å². The van der Waals surface area contributed by atoms with Gasteiger partial charge in [-0.25, -0.2) is 4.79 Å². The molecule has 0 spiro atoms. The van der Waals surface area contributed by atoms with Crippen LogP contribution in [0.5, 0.6) is 0 Å². The van der Waals surface area contributed by atoms with Crippen LogP contribution in [0.2, 0.25) is 0 Å². The van der Waals surface area contributed by atoms with Gasteiger partial charge in [-0.2, -0.15) is 0 Å². The molecule has 116 valence electrons. The molecule has 1 aromatic carbocycles. The maximum absolute atomic E-state index is 11.7. The zero-order chi connectivity index (χ0) is 15.2. The normalized spacial score (nSPS) is 16.7. The highest BCUT2D eigenvalue weighted by molar-refractivity contribution is 5.68. The van der Waals surface area contributed by atoms with Gasteiger partial charge in [0, 0.05) is 37.4 Å². The molecule has 1 saturated heterocycles. The lowest BCUT2D eigenvalue weighted by Gasteiger charge is -2.36. The van der Waals surface area contributed by atoms with E-state index in [1.807, 2.05) is 38.1 Å². The Morgan fingerprint density at radius 1 is 1.24 bits per heavy atom. The summed E-state index contributed by atoms with van der Waals surface area (Å²) in [6, 6.07) is 7.95. The summed E-state index contributed by atoms with van der Waals surface area (Å²) in [6.07, 6.45) is 0.0168. The van der Waals surface area contributed by atoms with E-state index in [1.165, 1.54) is 0 Å². The first-order chi connectivity index (χ1) is 10.2. The number of hydrogen-bond acceptors (Lipinski definition) is 4. The van der Waals surface area contributed by atoms with Crippen molar-refractivity contribution < 1.29 is 14.6 Å². The molecule has 2 rings (SSSR count). The summed E-state index contributed by atoms with van der Waals surface area (Å²) in [5, 5.41) is 10.1. The number of hydrogen-bond donors (Lipinski definition) is 1. The van der Waals surface area contributed by atoms with Gasteiger partial charge in [-0.3, -0.25) is 0 Å². The van der Waals surface area contributed by atoms with Crippen molar-refractivity contribution in [3.63, 3.8) is 0 Å². The van der Waals surface area contributed by atoms with E-state index in [-0.39, 0.29) is 6.09 Å². The maximum Gasteiger partial charge on any atom is 0.409 e. The minimum Gasteiger partial charge on any atom is -0.450 e. The molecule has 0 aliphatic carbocycles. The molecule has 0 radical (unpaired) electrons. The highest BCUT2D eigenvalue weighted by atomic mass is 16.6. The Kier molecular flexibility index (Phi) is 5.44. The van der Waals surface area contributed by atoms with Crippen molar-refractivity contribution in [2.24, 2.45) is 0 Å². The molecule has 1 heterocycles. The highest BCUT2D eigenvalue weighted by Gasteiger charge is 2.24. The summed E-state index contributed by atoms with van der Waals surface area (Å²) in [5.41, 5.74) is 2.03. The molecule has 1 atom stereocenters. The van der Waals surface area contributed by atoms with Gasteiger partial charge in [0.25, 0.3) is 0 Å². The van der Waals surface area contributed by atoms with Crippen LogP contribution in [-0.4, -0.2) is 48.9 Å². The number of carbonyl (C=O) groups is 1. The van der Waals surface area contributed by atoms with Crippen molar-refractivity contribution in [3.05, 3.63) is 29.8 Å². The quantitative estimate of drug-likeness (QED) is 0.926. The second-order valence-electron chi connectivity index (χ2n) is 5.16. The summed E-state index contributed by atoms with van der Waals surface area (Å²) in [6.45, 7) is 7.00. The van der Waals surface area contributed by atoms with Crippen LogP contribution in [-0.2, 0) is 4.74 Å². The number of amides is 1. The average Bonchev–Trinajstić information content (AvgIpc) is 2.54. The van der Waals surface area contributed by atoms with E-state index >= 15 is 0 Å². The number of ether oxygens (including phenoxy) is 1. The average molecular weight is 292 g/mol. The predicted molar refractivity (Wildman–Crippen MR) is 82.5 cm³/mol. The van der Waals surface area contributed by atoms with E-state index in [9.17, 15) is 9.90 Å². The number of anilines is 1. The Labute approximate surface area is 126 Å². The van der Waals surface area contributed by atoms with Crippen LogP contribution >= 0.6 is 0 Å². The molecule has 1 aromatic rings. The highest BCUT2D eigenvalue weighted by Crippen LogP contribution is 2.28. The zero-order valence-electron chi connectivity index (χ0n) is 12.8. The molecule has 0 bridgehead atoms. The van der Waals surface area contributed by atoms with Gasteiger partial charge in [-0.1, -0.05) is 25.1 Å². The van der Waals surface area contributed by atoms with Gasteiger partial charge in [0.15, 0.2) is 0 Å². The first-order valence-corrected chi connectivity index (χ1v) is 7.61. The van der Waals surface area contributed by atoms with Crippen LogP contribution in [0.1, 0.15) is 31.9 Å². The lowest BCUT2D eigenvalue weighted by Crippen LogP contribution is -2.49. The first kappa shape index (κ1) is 15.6. The van der Waals surface area contributed by atoms with Gasteiger partial charge in [0.2, 0.25) is 0 Å². The van der Waals surface area contributed by atoms with Crippen molar-refractivity contribution >= 4 is 11.8 Å². The maximum atomic E-state index is 11.7. The van der Waals surface area contributed by atoms with E-state index in [0.29, 0.717) is 26.1 Å². The number of para-hydroxylation sites is 1. The van der Waals surface area contributed by atoms with Gasteiger partial charge in [-0.15, -0.1) is 0 Å². The van der Waals surface area contributed by atoms with Crippen LogP contribution in [0, 0.1) is 0 Å². The third-order valence-corrected chi connectivity index (χ3v) is 3.83. The molecule has 1 N–H and O–H groups in total. The molecule has 1 aliphatic rings. The Morgan fingerprint density at radius 3 is 2.52 bits per heavy atom. The number of aliphatic hydroxyl groups is 1. The minimum absolute atomic E-state index is 0.237. The molecule has 1 amide bonds. The Morgan fingerprint density at radius 2 is 1.90 bits per heavy atom. The van der Waals surface area contributed by atoms with Crippen molar-refractivity contribution in [1.29, 1.82) is 0 Å². The van der Waals surface area contributed by atoms with Gasteiger partial charge < -0.3 is 19.6 Å². The smallest absolute Gasteiger partial charge is 0.409 e. The topological polar surface area (TPSA) is 53.0 Å². The van der Waals surface area contributed by atoms with Crippen molar-refractivity contribution in [2.75, 3.05) is 37.7 Å². The van der Waals surface area contributed by atoms with E-state index < -0.39 is 6.10 Å². The Hall–Kier alpha value is -1.75. The standard InChI is InChI=1S/C16H24N2O3/c1-3-15(19)13-7-5-6-8-14(13)17-9-11-18(12-10-17)16(20)21-4-2/h5-8,15,19H,3-4,9-12H2,1-2H3/t15-/m1/s1. The molecular formula is C16H24N2O3. The van der Waals surface area contributed by atoms with Gasteiger partial charge in [-0.05, 0) is 19.4 Å². The van der Waals surface area contributed by atoms with Crippen molar-refractivity contribution in [3.8, 4) is 0 Å². The molecule has 5 nitrogen and oxygen atoms in total. The van der Waals surface area contributed by atoms with Crippen LogP contribution in [0.3, 0.4) is 0 Å². The fourth-order valence-corrected chi connectivity index (χ4v) is 2.62. The fourth-order valence-electron chi connectivity index (χ4n) is 2.62. The van der Waals surface area contributed by atoms with Crippen molar-refractivity contribution in [1.82, 2.24) is 4.90 Å².